The first-order valence-corrected chi connectivity index (χ1v) is 8.04. The number of carbonyl (C=O) groups is 2. The molecule has 1 N–H and O–H groups in total. The van der Waals surface area contributed by atoms with E-state index in [0.29, 0.717) is 6.54 Å². The van der Waals surface area contributed by atoms with Gasteiger partial charge in [0.05, 0.1) is 24.0 Å². The van der Waals surface area contributed by atoms with Gasteiger partial charge in [-0.1, -0.05) is 19.1 Å². The first kappa shape index (κ1) is 18.6. The number of hydrogen-bond acceptors (Lipinski definition) is 4. The van der Waals surface area contributed by atoms with Crippen LogP contribution >= 0.6 is 0 Å². The van der Waals surface area contributed by atoms with Crippen LogP contribution < -0.4 is 10.2 Å². The van der Waals surface area contributed by atoms with Gasteiger partial charge in [-0.15, -0.1) is 0 Å². The molecule has 0 aliphatic rings. The molecule has 134 valence electrons. The lowest BCUT2D eigenvalue weighted by Crippen LogP contribution is -2.31. The molecule has 7 heteroatoms. The van der Waals surface area contributed by atoms with Gasteiger partial charge < -0.3 is 14.8 Å². The van der Waals surface area contributed by atoms with Gasteiger partial charge in [0.1, 0.15) is 5.82 Å². The molecule has 0 saturated carbocycles. The lowest BCUT2D eigenvalue weighted by atomic mass is 9.98. The number of amides is 1. The van der Waals surface area contributed by atoms with E-state index in [9.17, 15) is 14.0 Å². The van der Waals surface area contributed by atoms with Crippen LogP contribution in [0.1, 0.15) is 29.4 Å². The summed E-state index contributed by atoms with van der Waals surface area (Å²) in [5, 5.41) is 2.80. The van der Waals surface area contributed by atoms with E-state index in [4.69, 9.17) is 0 Å². The van der Waals surface area contributed by atoms with Gasteiger partial charge in [-0.05, 0) is 12.1 Å². The van der Waals surface area contributed by atoms with Crippen molar-refractivity contribution in [2.75, 3.05) is 19.0 Å². The summed E-state index contributed by atoms with van der Waals surface area (Å²) in [4.78, 5) is 30.5. The molecule has 1 amide bonds. The Morgan fingerprint density at radius 2 is 2.00 bits per heavy atom. The van der Waals surface area contributed by atoms with Gasteiger partial charge in [-0.25, -0.2) is 9.37 Å². The number of halogens is 1. The zero-order valence-corrected chi connectivity index (χ0v) is 14.9. The fourth-order valence-corrected chi connectivity index (χ4v) is 2.53. The fraction of sp³-hybridized carbons (Fsp3) is 0.389. The lowest BCUT2D eigenvalue weighted by Gasteiger charge is -2.14. The van der Waals surface area contributed by atoms with Crippen molar-refractivity contribution in [3.8, 4) is 0 Å². The summed E-state index contributed by atoms with van der Waals surface area (Å²) in [6.45, 7) is 1.97. The van der Waals surface area contributed by atoms with E-state index < -0.39 is 11.7 Å². The van der Waals surface area contributed by atoms with Crippen LogP contribution in [0.2, 0.25) is 0 Å². The van der Waals surface area contributed by atoms with Crippen LogP contribution in [0.25, 0.3) is 0 Å². The minimum absolute atomic E-state index is 0.0180. The van der Waals surface area contributed by atoms with Crippen LogP contribution in [0.15, 0.2) is 30.5 Å². The molecule has 25 heavy (non-hydrogen) atoms. The maximum atomic E-state index is 13.6. The summed E-state index contributed by atoms with van der Waals surface area (Å²) in [7, 11) is 5.65. The van der Waals surface area contributed by atoms with Crippen molar-refractivity contribution in [3.05, 3.63) is 47.5 Å². The number of imidazole rings is 1. The van der Waals surface area contributed by atoms with Crippen molar-refractivity contribution < 1.29 is 14.0 Å². The summed E-state index contributed by atoms with van der Waals surface area (Å²) in [6, 6.07) is 5.80. The molecule has 1 heterocycles. The number of Topliss-reactive ketones (excluding diaryl/α,β-unsaturated/α-hetero) is 1. The smallest absolute Gasteiger partial charge is 0.223 e. The van der Waals surface area contributed by atoms with Crippen molar-refractivity contribution in [1.82, 2.24) is 14.9 Å². The average Bonchev–Trinajstić information content (AvgIpc) is 2.93. The summed E-state index contributed by atoms with van der Waals surface area (Å²) >= 11 is 0. The Morgan fingerprint density at radius 1 is 1.32 bits per heavy atom. The SMILES string of the molecule is CC(CC(=O)c1ccccc1F)C(=O)NCc1cnc(N(C)C)n1C. The van der Waals surface area contributed by atoms with E-state index in [-0.39, 0.29) is 23.7 Å². The standard InChI is InChI=1S/C18H23FN4O2/c1-12(9-16(24)14-7-5-6-8-15(14)19)17(25)20-10-13-11-21-18(22(2)3)23(13)4/h5-8,11-12H,9-10H2,1-4H3,(H,20,25). The molecule has 1 unspecified atom stereocenters. The normalized spacial score (nSPS) is 11.9. The highest BCUT2D eigenvalue weighted by Crippen LogP contribution is 2.14. The second-order valence-electron chi connectivity index (χ2n) is 6.23. The van der Waals surface area contributed by atoms with E-state index in [1.807, 2.05) is 30.6 Å². The van der Waals surface area contributed by atoms with Gasteiger partial charge in [0, 0.05) is 33.5 Å². The molecule has 6 nitrogen and oxygen atoms in total. The van der Waals surface area contributed by atoms with E-state index in [1.54, 1.807) is 19.2 Å². The van der Waals surface area contributed by atoms with Gasteiger partial charge in [0.2, 0.25) is 11.9 Å². The quantitative estimate of drug-likeness (QED) is 0.780. The molecule has 2 rings (SSSR count). The maximum Gasteiger partial charge on any atom is 0.223 e. The highest BCUT2D eigenvalue weighted by atomic mass is 19.1. The van der Waals surface area contributed by atoms with Crippen LogP contribution in [0.3, 0.4) is 0 Å². The molecule has 0 spiro atoms. The number of hydrogen-bond donors (Lipinski definition) is 1. The third-order valence-corrected chi connectivity index (χ3v) is 4.02. The minimum atomic E-state index is -0.564. The summed E-state index contributed by atoms with van der Waals surface area (Å²) in [5.74, 6) is -0.958. The number of nitrogens with zero attached hydrogens (tertiary/aromatic N) is 3. The molecule has 0 radical (unpaired) electrons. The number of benzene rings is 1. The number of rotatable bonds is 7. The number of anilines is 1. The largest absolute Gasteiger partial charge is 0.350 e. The predicted molar refractivity (Wildman–Crippen MR) is 93.9 cm³/mol. The van der Waals surface area contributed by atoms with Crippen LogP contribution in [0.5, 0.6) is 0 Å². The Morgan fingerprint density at radius 3 is 2.60 bits per heavy atom. The minimum Gasteiger partial charge on any atom is -0.350 e. The Kier molecular flexibility index (Phi) is 5.90. The van der Waals surface area contributed by atoms with Crippen molar-refractivity contribution in [2.24, 2.45) is 13.0 Å². The number of ketones is 1. The van der Waals surface area contributed by atoms with Crippen molar-refractivity contribution in [1.29, 1.82) is 0 Å². The summed E-state index contributed by atoms with van der Waals surface area (Å²) in [5.41, 5.74) is 0.870. The number of aromatic nitrogens is 2. The zero-order valence-electron chi connectivity index (χ0n) is 14.9. The Hall–Kier alpha value is -2.70. The molecule has 1 atom stereocenters. The fourth-order valence-electron chi connectivity index (χ4n) is 2.53. The van der Waals surface area contributed by atoms with Crippen LogP contribution in [0, 0.1) is 11.7 Å². The van der Waals surface area contributed by atoms with E-state index in [0.717, 1.165) is 11.6 Å². The third-order valence-electron chi connectivity index (χ3n) is 4.02. The van der Waals surface area contributed by atoms with Gasteiger partial charge in [-0.3, -0.25) is 9.59 Å². The van der Waals surface area contributed by atoms with Crippen molar-refractivity contribution >= 4 is 17.6 Å². The molecule has 0 aliphatic heterocycles. The summed E-state index contributed by atoms with van der Waals surface area (Å²) in [6.07, 6.45) is 1.66. The molecule has 0 saturated heterocycles. The van der Waals surface area contributed by atoms with E-state index in [1.165, 1.54) is 18.2 Å². The lowest BCUT2D eigenvalue weighted by molar-refractivity contribution is -0.124. The Labute approximate surface area is 146 Å². The number of nitrogens with one attached hydrogen (secondary N) is 1. The predicted octanol–water partition coefficient (Wildman–Crippen LogP) is 2.15. The van der Waals surface area contributed by atoms with Gasteiger partial charge in [-0.2, -0.15) is 0 Å². The Bertz CT molecular complexity index is 770. The second-order valence-corrected chi connectivity index (χ2v) is 6.23. The third kappa shape index (κ3) is 4.43. The average molecular weight is 346 g/mol. The first-order chi connectivity index (χ1) is 11.8. The topological polar surface area (TPSA) is 67.2 Å². The molecule has 0 fully saturated rings. The summed E-state index contributed by atoms with van der Waals surface area (Å²) < 4.78 is 15.5. The van der Waals surface area contributed by atoms with Crippen LogP contribution in [0.4, 0.5) is 10.3 Å². The molecule has 2 aromatic rings. The van der Waals surface area contributed by atoms with E-state index >= 15 is 0 Å². The molecule has 1 aromatic heterocycles. The van der Waals surface area contributed by atoms with E-state index in [2.05, 4.69) is 10.3 Å². The highest BCUT2D eigenvalue weighted by Gasteiger charge is 2.20. The molecular weight excluding hydrogens is 323 g/mol. The molecule has 1 aromatic carbocycles. The molecule has 0 aliphatic carbocycles. The first-order valence-electron chi connectivity index (χ1n) is 8.04. The Balaban J connectivity index is 1.92. The van der Waals surface area contributed by atoms with Gasteiger partial charge >= 0.3 is 0 Å². The maximum absolute atomic E-state index is 13.6. The van der Waals surface area contributed by atoms with Gasteiger partial charge in [0.15, 0.2) is 5.78 Å². The highest BCUT2D eigenvalue weighted by molar-refractivity contribution is 5.98. The zero-order chi connectivity index (χ0) is 18.6. The number of carbonyl (C=O) groups excluding carboxylic acids is 2. The molecular formula is C18H23FN4O2. The van der Waals surface area contributed by atoms with Gasteiger partial charge in [0.25, 0.3) is 0 Å². The second kappa shape index (κ2) is 7.92. The van der Waals surface area contributed by atoms with Crippen LogP contribution in [-0.2, 0) is 18.4 Å². The van der Waals surface area contributed by atoms with Crippen LogP contribution in [-0.4, -0.2) is 35.3 Å². The van der Waals surface area contributed by atoms with Crippen molar-refractivity contribution in [2.45, 2.75) is 19.9 Å². The monoisotopic (exact) mass is 346 g/mol. The van der Waals surface area contributed by atoms with Crippen molar-refractivity contribution in [3.63, 3.8) is 0 Å². The molecule has 0 bridgehead atoms.